The summed E-state index contributed by atoms with van der Waals surface area (Å²) in [7, 11) is 0. The highest BCUT2D eigenvalue weighted by Gasteiger charge is 2.15. The first-order valence-electron chi connectivity index (χ1n) is 6.02. The second-order valence-electron chi connectivity index (χ2n) is 4.18. The molecule has 1 heterocycles. The maximum absolute atomic E-state index is 11.8. The highest BCUT2D eigenvalue weighted by Crippen LogP contribution is 2.04. The third kappa shape index (κ3) is 5.43. The lowest BCUT2D eigenvalue weighted by atomic mass is 10.1. The van der Waals surface area contributed by atoms with Crippen LogP contribution in [0.25, 0.3) is 0 Å². The molecule has 0 aliphatic carbocycles. The summed E-state index contributed by atoms with van der Waals surface area (Å²) in [5.74, 6) is -1.04. The van der Waals surface area contributed by atoms with Crippen molar-refractivity contribution in [1.82, 2.24) is 10.3 Å². The zero-order valence-electron chi connectivity index (χ0n) is 10.4. The zero-order valence-corrected chi connectivity index (χ0v) is 10.4. The van der Waals surface area contributed by atoms with Crippen molar-refractivity contribution in [3.8, 4) is 0 Å². The summed E-state index contributed by atoms with van der Waals surface area (Å²) < 4.78 is 0. The molecule has 0 radical (unpaired) electrons. The summed E-state index contributed by atoms with van der Waals surface area (Å²) in [4.78, 5) is 26.3. The van der Waals surface area contributed by atoms with Gasteiger partial charge >= 0.3 is 5.97 Å². The first-order valence-corrected chi connectivity index (χ1v) is 6.02. The van der Waals surface area contributed by atoms with Crippen molar-refractivity contribution in [2.24, 2.45) is 0 Å². The number of rotatable bonds is 7. The van der Waals surface area contributed by atoms with Crippen LogP contribution in [0.5, 0.6) is 0 Å². The molecule has 0 saturated carbocycles. The number of nitrogens with one attached hydrogen (secondary N) is 1. The van der Waals surface area contributed by atoms with Crippen LogP contribution in [0.3, 0.4) is 0 Å². The summed E-state index contributed by atoms with van der Waals surface area (Å²) in [5.41, 5.74) is 0.869. The molecule has 0 saturated heterocycles. The van der Waals surface area contributed by atoms with Gasteiger partial charge in [-0.3, -0.25) is 14.6 Å². The number of carboxylic acid groups (broad SMARTS) is 1. The van der Waals surface area contributed by atoms with Crippen LogP contribution in [0.1, 0.15) is 31.7 Å². The van der Waals surface area contributed by atoms with Gasteiger partial charge in [0.05, 0.1) is 12.8 Å². The molecule has 18 heavy (non-hydrogen) atoms. The number of hydrogen-bond acceptors (Lipinski definition) is 3. The van der Waals surface area contributed by atoms with E-state index in [-0.39, 0.29) is 24.8 Å². The van der Waals surface area contributed by atoms with Crippen molar-refractivity contribution < 1.29 is 14.7 Å². The molecule has 1 aromatic heterocycles. The number of hydrogen-bond donors (Lipinski definition) is 2. The summed E-state index contributed by atoms with van der Waals surface area (Å²) in [6.07, 6.45) is 4.99. The van der Waals surface area contributed by atoms with E-state index < -0.39 is 5.97 Å². The van der Waals surface area contributed by atoms with Crippen molar-refractivity contribution in [1.29, 1.82) is 0 Å². The van der Waals surface area contributed by atoms with Crippen LogP contribution < -0.4 is 5.32 Å². The lowest BCUT2D eigenvalue weighted by Crippen LogP contribution is -2.37. The average Bonchev–Trinajstić information content (AvgIpc) is 2.29. The van der Waals surface area contributed by atoms with Gasteiger partial charge < -0.3 is 10.4 Å². The molecule has 2 N–H and O–H groups in total. The maximum atomic E-state index is 11.8. The van der Waals surface area contributed by atoms with Crippen LogP contribution in [-0.4, -0.2) is 28.0 Å². The van der Waals surface area contributed by atoms with E-state index in [1.165, 1.54) is 0 Å². The van der Waals surface area contributed by atoms with Gasteiger partial charge in [0, 0.05) is 18.4 Å². The van der Waals surface area contributed by atoms with Gasteiger partial charge in [-0.2, -0.15) is 0 Å². The summed E-state index contributed by atoms with van der Waals surface area (Å²) in [6.45, 7) is 1.96. The molecular weight excluding hydrogens is 232 g/mol. The van der Waals surface area contributed by atoms with E-state index >= 15 is 0 Å². The van der Waals surface area contributed by atoms with Crippen molar-refractivity contribution in [3.05, 3.63) is 30.1 Å². The van der Waals surface area contributed by atoms with E-state index in [9.17, 15) is 9.59 Å². The lowest BCUT2D eigenvalue weighted by molar-refractivity contribution is -0.137. The first-order chi connectivity index (χ1) is 8.61. The highest BCUT2D eigenvalue weighted by atomic mass is 16.4. The van der Waals surface area contributed by atoms with Gasteiger partial charge in [-0.1, -0.05) is 13.3 Å². The molecule has 1 unspecified atom stereocenters. The van der Waals surface area contributed by atoms with Gasteiger partial charge in [-0.25, -0.2) is 0 Å². The fourth-order valence-electron chi connectivity index (χ4n) is 1.75. The fraction of sp³-hybridized carbons (Fsp3) is 0.462. The predicted octanol–water partition coefficient (Wildman–Crippen LogP) is 1.38. The number of aliphatic carboxylic acids is 1. The number of carbonyl (C=O) groups excluding carboxylic acids is 1. The largest absolute Gasteiger partial charge is 0.481 e. The van der Waals surface area contributed by atoms with Gasteiger partial charge in [0.25, 0.3) is 0 Å². The molecule has 1 amide bonds. The maximum Gasteiger partial charge on any atom is 0.305 e. The van der Waals surface area contributed by atoms with Crippen LogP contribution in [-0.2, 0) is 16.0 Å². The number of pyridine rings is 1. The normalized spacial score (nSPS) is 11.8. The number of carboxylic acids is 1. The summed E-state index contributed by atoms with van der Waals surface area (Å²) in [6, 6.07) is 3.25. The second-order valence-corrected chi connectivity index (χ2v) is 4.18. The van der Waals surface area contributed by atoms with Gasteiger partial charge in [0.15, 0.2) is 0 Å². The molecule has 0 aliphatic heterocycles. The molecule has 1 atom stereocenters. The Morgan fingerprint density at radius 2 is 2.06 bits per heavy atom. The van der Waals surface area contributed by atoms with Crippen LogP contribution in [0.2, 0.25) is 0 Å². The Kier molecular flexibility index (Phi) is 5.84. The van der Waals surface area contributed by atoms with Crippen molar-refractivity contribution in [3.63, 3.8) is 0 Å². The van der Waals surface area contributed by atoms with E-state index in [2.05, 4.69) is 10.3 Å². The minimum atomic E-state index is -0.891. The van der Waals surface area contributed by atoms with E-state index in [0.717, 1.165) is 12.0 Å². The molecule has 5 heteroatoms. The van der Waals surface area contributed by atoms with Crippen LogP contribution >= 0.6 is 0 Å². The van der Waals surface area contributed by atoms with Gasteiger partial charge in [0.1, 0.15) is 0 Å². The molecule has 1 rings (SSSR count). The molecule has 0 aliphatic rings. The van der Waals surface area contributed by atoms with Gasteiger partial charge in [-0.05, 0) is 24.1 Å². The topological polar surface area (TPSA) is 79.3 Å². The molecule has 5 nitrogen and oxygen atoms in total. The molecule has 0 bridgehead atoms. The average molecular weight is 250 g/mol. The van der Waals surface area contributed by atoms with Gasteiger partial charge in [0.2, 0.25) is 5.91 Å². The van der Waals surface area contributed by atoms with E-state index in [1.54, 1.807) is 24.5 Å². The first kappa shape index (κ1) is 14.2. The minimum absolute atomic E-state index is 0.0318. The van der Waals surface area contributed by atoms with E-state index in [0.29, 0.717) is 6.42 Å². The van der Waals surface area contributed by atoms with Gasteiger partial charge in [-0.15, -0.1) is 0 Å². The Balaban J connectivity index is 2.48. The Hall–Kier alpha value is -1.91. The Morgan fingerprint density at radius 1 is 1.39 bits per heavy atom. The van der Waals surface area contributed by atoms with Crippen LogP contribution in [0.15, 0.2) is 24.5 Å². The molecule has 98 valence electrons. The van der Waals surface area contributed by atoms with Crippen LogP contribution in [0.4, 0.5) is 0 Å². The quantitative estimate of drug-likeness (QED) is 0.766. The van der Waals surface area contributed by atoms with E-state index in [4.69, 9.17) is 5.11 Å². The highest BCUT2D eigenvalue weighted by molar-refractivity contribution is 5.79. The van der Waals surface area contributed by atoms with Crippen molar-refractivity contribution >= 4 is 11.9 Å². The molecule has 1 aromatic rings. The molecule has 0 aromatic carbocycles. The minimum Gasteiger partial charge on any atom is -0.481 e. The SMILES string of the molecule is CCCC(CC(=O)O)NC(=O)Cc1ccncc1. The van der Waals surface area contributed by atoms with Crippen molar-refractivity contribution in [2.75, 3.05) is 0 Å². The summed E-state index contributed by atoms with van der Waals surface area (Å²) in [5, 5.41) is 11.5. The monoisotopic (exact) mass is 250 g/mol. The zero-order chi connectivity index (χ0) is 13.4. The third-order valence-electron chi connectivity index (χ3n) is 2.54. The smallest absolute Gasteiger partial charge is 0.305 e. The lowest BCUT2D eigenvalue weighted by Gasteiger charge is -2.16. The van der Waals surface area contributed by atoms with E-state index in [1.807, 2.05) is 6.92 Å². The predicted molar refractivity (Wildman–Crippen MR) is 67.0 cm³/mol. The molecular formula is C13H18N2O3. The van der Waals surface area contributed by atoms with Crippen LogP contribution in [0, 0.1) is 0 Å². The Morgan fingerprint density at radius 3 is 2.61 bits per heavy atom. The Bertz CT molecular complexity index is 392. The third-order valence-corrected chi connectivity index (χ3v) is 2.54. The number of amides is 1. The number of aromatic nitrogens is 1. The number of nitrogens with zero attached hydrogens (tertiary/aromatic N) is 1. The second kappa shape index (κ2) is 7.42. The summed E-state index contributed by atoms with van der Waals surface area (Å²) >= 11 is 0. The standard InChI is InChI=1S/C13H18N2O3/c1-2-3-11(9-13(17)18)15-12(16)8-10-4-6-14-7-5-10/h4-7,11H,2-3,8-9H2,1H3,(H,15,16)(H,17,18). The fourth-order valence-corrected chi connectivity index (χ4v) is 1.75. The Labute approximate surface area is 106 Å². The number of carbonyl (C=O) groups is 2. The van der Waals surface area contributed by atoms with Crippen molar-refractivity contribution in [2.45, 2.75) is 38.6 Å². The molecule has 0 fully saturated rings. The molecule has 0 spiro atoms.